The highest BCUT2D eigenvalue weighted by molar-refractivity contribution is 5.89. The monoisotopic (exact) mass is 390 g/mol. The number of hydrogen-bond donors (Lipinski definition) is 1. The molecule has 1 heterocycles. The van der Waals surface area contributed by atoms with E-state index in [4.69, 9.17) is 9.47 Å². The summed E-state index contributed by atoms with van der Waals surface area (Å²) in [5.74, 6) is -3.24. The van der Waals surface area contributed by atoms with Gasteiger partial charge in [-0.25, -0.2) is 4.79 Å². The van der Waals surface area contributed by atoms with Crippen LogP contribution in [0, 0.1) is 17.8 Å². The zero-order valence-corrected chi connectivity index (χ0v) is 17.4. The number of hydrogen-bond acceptors (Lipinski definition) is 6. The predicted molar refractivity (Wildman–Crippen MR) is 104 cm³/mol. The Morgan fingerprint density at radius 1 is 1.36 bits per heavy atom. The molecule has 0 unspecified atom stereocenters. The lowest BCUT2D eigenvalue weighted by Crippen LogP contribution is -2.46. The van der Waals surface area contributed by atoms with Gasteiger partial charge in [0.25, 0.3) is 0 Å². The Labute approximate surface area is 166 Å². The third-order valence-electron chi connectivity index (χ3n) is 5.75. The molecule has 0 saturated carbocycles. The van der Waals surface area contributed by atoms with Crippen molar-refractivity contribution in [1.82, 2.24) is 0 Å². The van der Waals surface area contributed by atoms with Crippen LogP contribution in [0.25, 0.3) is 0 Å². The third kappa shape index (κ3) is 4.61. The van der Waals surface area contributed by atoms with Crippen LogP contribution in [0.3, 0.4) is 0 Å². The lowest BCUT2D eigenvalue weighted by Gasteiger charge is -2.29. The molecule has 6 nitrogen and oxygen atoms in total. The molecule has 6 heteroatoms. The Morgan fingerprint density at radius 3 is 2.61 bits per heavy atom. The van der Waals surface area contributed by atoms with Crippen LogP contribution in [0.2, 0.25) is 0 Å². The number of allylic oxidation sites excluding steroid dienone is 4. The van der Waals surface area contributed by atoms with Gasteiger partial charge in [-0.3, -0.25) is 9.59 Å². The SMILES string of the molecule is CC(=O)[C@H](C)[C@](C)(O)C(=O)O/C1=C/C(C)=C/CC/C(C)=C/[C@@H]2OC(=O)[C@@H](C)[C@H]12. The lowest BCUT2D eigenvalue weighted by molar-refractivity contribution is -0.168. The maximum absolute atomic E-state index is 12.8. The Hall–Kier alpha value is -2.21. The molecule has 0 spiro atoms. The van der Waals surface area contributed by atoms with Crippen molar-refractivity contribution in [3.8, 4) is 0 Å². The molecule has 0 aromatic rings. The van der Waals surface area contributed by atoms with Crippen LogP contribution in [0.5, 0.6) is 0 Å². The Kier molecular flexibility index (Phi) is 6.65. The minimum atomic E-state index is -1.98. The van der Waals surface area contributed by atoms with E-state index in [2.05, 4.69) is 0 Å². The predicted octanol–water partition coefficient (Wildman–Crippen LogP) is 3.25. The maximum atomic E-state index is 12.8. The molecule has 1 aliphatic carbocycles. The second-order valence-electron chi connectivity index (χ2n) is 8.13. The first-order chi connectivity index (χ1) is 12.9. The first-order valence-electron chi connectivity index (χ1n) is 9.66. The molecule has 28 heavy (non-hydrogen) atoms. The Morgan fingerprint density at radius 2 is 2.00 bits per heavy atom. The highest BCUT2D eigenvalue weighted by Gasteiger charge is 2.47. The van der Waals surface area contributed by atoms with E-state index < -0.39 is 35.4 Å². The van der Waals surface area contributed by atoms with Gasteiger partial charge in [-0.2, -0.15) is 0 Å². The number of ether oxygens (including phenoxy) is 2. The van der Waals surface area contributed by atoms with Crippen molar-refractivity contribution in [3.63, 3.8) is 0 Å². The van der Waals surface area contributed by atoms with Gasteiger partial charge in [0.2, 0.25) is 0 Å². The normalized spacial score (nSPS) is 34.2. The van der Waals surface area contributed by atoms with E-state index in [0.717, 1.165) is 24.0 Å². The number of esters is 2. The van der Waals surface area contributed by atoms with E-state index in [1.54, 1.807) is 13.0 Å². The molecule has 0 amide bonds. The number of ketones is 1. The van der Waals surface area contributed by atoms with Crippen molar-refractivity contribution >= 4 is 17.7 Å². The van der Waals surface area contributed by atoms with Crippen molar-refractivity contribution in [3.05, 3.63) is 35.1 Å². The molecular weight excluding hydrogens is 360 g/mol. The van der Waals surface area contributed by atoms with Crippen molar-refractivity contribution in [1.29, 1.82) is 0 Å². The summed E-state index contributed by atoms with van der Waals surface area (Å²) >= 11 is 0. The van der Waals surface area contributed by atoms with E-state index in [0.29, 0.717) is 0 Å². The van der Waals surface area contributed by atoms with Crippen molar-refractivity contribution in [2.45, 2.75) is 66.1 Å². The van der Waals surface area contributed by atoms with E-state index in [1.807, 2.05) is 26.0 Å². The van der Waals surface area contributed by atoms with Gasteiger partial charge in [0.05, 0.1) is 17.8 Å². The summed E-state index contributed by atoms with van der Waals surface area (Å²) in [5, 5.41) is 10.6. The zero-order chi connectivity index (χ0) is 21.2. The quantitative estimate of drug-likeness (QED) is 0.585. The van der Waals surface area contributed by atoms with Crippen molar-refractivity contribution < 1.29 is 29.0 Å². The number of carbonyl (C=O) groups excluding carboxylic acids is 3. The van der Waals surface area contributed by atoms with Crippen LogP contribution in [0.15, 0.2) is 35.1 Å². The highest BCUT2D eigenvalue weighted by Crippen LogP contribution is 2.38. The number of aliphatic hydroxyl groups is 1. The standard InChI is InChI=1S/C22H30O6/c1-12-8-7-9-13(2)11-18(19-14(3)20(24)27-17(19)10-12)28-21(25)22(6,26)15(4)16(5)23/h9-11,14-15,17,19,26H,7-8H2,1-6H3/b12-10+,13-9+,18-11+/t14-,15-,17-,19-,22-/m0/s1. The fourth-order valence-corrected chi connectivity index (χ4v) is 3.44. The van der Waals surface area contributed by atoms with Crippen molar-refractivity contribution in [2.24, 2.45) is 17.8 Å². The molecule has 0 radical (unpaired) electrons. The highest BCUT2D eigenvalue weighted by atomic mass is 16.6. The number of fused-ring (bicyclic) bond motifs is 1. The molecule has 1 saturated heterocycles. The summed E-state index contributed by atoms with van der Waals surface area (Å²) in [6.07, 6.45) is 6.77. The summed E-state index contributed by atoms with van der Waals surface area (Å²) in [7, 11) is 0. The third-order valence-corrected chi connectivity index (χ3v) is 5.75. The molecular formula is C22H30O6. The average Bonchev–Trinajstić information content (AvgIpc) is 2.86. The molecule has 0 bridgehead atoms. The van der Waals surface area contributed by atoms with E-state index in [1.165, 1.54) is 20.8 Å². The van der Waals surface area contributed by atoms with Gasteiger partial charge in [0, 0.05) is 0 Å². The van der Waals surface area contributed by atoms with Crippen LogP contribution in [-0.2, 0) is 23.9 Å². The number of carbonyl (C=O) groups is 3. The second kappa shape index (κ2) is 8.43. The lowest BCUT2D eigenvalue weighted by atomic mass is 9.86. The summed E-state index contributed by atoms with van der Waals surface area (Å²) < 4.78 is 11.1. The molecule has 1 fully saturated rings. The molecule has 5 atom stereocenters. The minimum absolute atomic E-state index is 0.268. The molecule has 1 aliphatic heterocycles. The first-order valence-corrected chi connectivity index (χ1v) is 9.66. The minimum Gasteiger partial charge on any atom is -0.457 e. The summed E-state index contributed by atoms with van der Waals surface area (Å²) in [6, 6.07) is 0. The van der Waals surface area contributed by atoms with Gasteiger partial charge in [-0.15, -0.1) is 0 Å². The molecule has 0 aromatic heterocycles. The van der Waals surface area contributed by atoms with Gasteiger partial charge in [0.1, 0.15) is 17.6 Å². The van der Waals surface area contributed by atoms with Crippen LogP contribution < -0.4 is 0 Å². The van der Waals surface area contributed by atoms with Crippen LogP contribution in [0.4, 0.5) is 0 Å². The molecule has 154 valence electrons. The Balaban J connectivity index is 2.45. The van der Waals surface area contributed by atoms with Crippen molar-refractivity contribution in [2.75, 3.05) is 0 Å². The largest absolute Gasteiger partial charge is 0.457 e. The Bertz CT molecular complexity index is 755. The summed E-state index contributed by atoms with van der Waals surface area (Å²) in [4.78, 5) is 36.6. The van der Waals surface area contributed by atoms with Gasteiger partial charge in [-0.05, 0) is 52.7 Å². The summed E-state index contributed by atoms with van der Waals surface area (Å²) in [6.45, 7) is 9.67. The first kappa shape index (κ1) is 22.1. The fraction of sp³-hybridized carbons (Fsp3) is 0.591. The van der Waals surface area contributed by atoms with Gasteiger partial charge < -0.3 is 14.6 Å². The smallest absolute Gasteiger partial charge is 0.343 e. The second-order valence-corrected chi connectivity index (χ2v) is 8.13. The average molecular weight is 390 g/mol. The maximum Gasteiger partial charge on any atom is 0.343 e. The van der Waals surface area contributed by atoms with Gasteiger partial charge in [-0.1, -0.05) is 31.1 Å². The van der Waals surface area contributed by atoms with E-state index in [-0.39, 0.29) is 17.5 Å². The molecule has 1 N–H and O–H groups in total. The number of Topliss-reactive ketones (excluding diaryl/α,β-unsaturated/α-hetero) is 1. The van der Waals surface area contributed by atoms with Gasteiger partial charge >= 0.3 is 11.9 Å². The fourth-order valence-electron chi connectivity index (χ4n) is 3.44. The molecule has 0 aromatic carbocycles. The van der Waals surface area contributed by atoms with E-state index in [9.17, 15) is 19.5 Å². The van der Waals surface area contributed by atoms with Crippen LogP contribution >= 0.6 is 0 Å². The van der Waals surface area contributed by atoms with Crippen LogP contribution in [-0.4, -0.2) is 34.5 Å². The van der Waals surface area contributed by atoms with Crippen LogP contribution in [0.1, 0.15) is 54.4 Å². The zero-order valence-electron chi connectivity index (χ0n) is 17.4. The topological polar surface area (TPSA) is 89.9 Å². The van der Waals surface area contributed by atoms with Gasteiger partial charge in [0.15, 0.2) is 5.60 Å². The summed E-state index contributed by atoms with van der Waals surface area (Å²) in [5.41, 5.74) is 0.000829. The molecule has 2 aliphatic rings. The molecule has 2 rings (SSSR count). The number of rotatable bonds is 4. The van der Waals surface area contributed by atoms with E-state index >= 15 is 0 Å².